The van der Waals surface area contributed by atoms with Gasteiger partial charge in [0.15, 0.2) is 0 Å². The van der Waals surface area contributed by atoms with Gasteiger partial charge >= 0.3 is 0 Å². The van der Waals surface area contributed by atoms with Crippen LogP contribution in [0, 0.1) is 5.92 Å². The Hall–Kier alpha value is -1.36. The monoisotopic (exact) mass is 338 g/mol. The third kappa shape index (κ3) is 3.60. The van der Waals surface area contributed by atoms with Crippen LogP contribution in [0.1, 0.15) is 31.7 Å². The first-order valence-corrected chi connectivity index (χ1v) is 7.65. The summed E-state index contributed by atoms with van der Waals surface area (Å²) in [5, 5.41) is 5.48. The molecular formula is C15H19BrN2O2. The van der Waals surface area contributed by atoms with Crippen molar-refractivity contribution in [3.8, 4) is 0 Å². The van der Waals surface area contributed by atoms with E-state index in [2.05, 4.69) is 26.6 Å². The number of benzene rings is 1. The third-order valence-electron chi connectivity index (χ3n) is 3.53. The fourth-order valence-corrected chi connectivity index (χ4v) is 2.54. The lowest BCUT2D eigenvalue weighted by Crippen LogP contribution is -2.45. The quantitative estimate of drug-likeness (QED) is 0.864. The first-order chi connectivity index (χ1) is 9.52. The van der Waals surface area contributed by atoms with Crippen molar-refractivity contribution in [1.82, 2.24) is 10.6 Å². The molecule has 20 heavy (non-hydrogen) atoms. The minimum Gasteiger partial charge on any atom is -0.355 e. The van der Waals surface area contributed by atoms with Crippen LogP contribution in [0.25, 0.3) is 0 Å². The van der Waals surface area contributed by atoms with Gasteiger partial charge in [0.1, 0.15) is 6.04 Å². The number of amides is 2. The smallest absolute Gasteiger partial charge is 0.242 e. The van der Waals surface area contributed by atoms with Crippen LogP contribution in [-0.4, -0.2) is 24.4 Å². The molecule has 1 aromatic carbocycles. The lowest BCUT2D eigenvalue weighted by molar-refractivity contribution is -0.129. The summed E-state index contributed by atoms with van der Waals surface area (Å²) in [7, 11) is 0. The maximum Gasteiger partial charge on any atom is 0.242 e. The summed E-state index contributed by atoms with van der Waals surface area (Å²) in [5.41, 5.74) is 1.18. The molecule has 0 saturated heterocycles. The van der Waals surface area contributed by atoms with E-state index in [9.17, 15) is 9.59 Å². The Morgan fingerprint density at radius 3 is 2.60 bits per heavy atom. The molecule has 0 unspecified atom stereocenters. The summed E-state index contributed by atoms with van der Waals surface area (Å²) >= 11 is 3.40. The highest BCUT2D eigenvalue weighted by molar-refractivity contribution is 9.10. The molecule has 2 N–H and O–H groups in total. The van der Waals surface area contributed by atoms with E-state index in [1.165, 1.54) is 5.56 Å². The van der Waals surface area contributed by atoms with Crippen LogP contribution in [0.15, 0.2) is 28.7 Å². The molecule has 1 fully saturated rings. The highest BCUT2D eigenvalue weighted by Gasteiger charge is 2.44. The average molecular weight is 339 g/mol. The number of carbonyl (C=O) groups is 2. The second-order valence-electron chi connectivity index (χ2n) is 5.13. The van der Waals surface area contributed by atoms with Crippen LogP contribution in [0.5, 0.6) is 0 Å². The lowest BCUT2D eigenvalue weighted by atomic mass is 10.1. The highest BCUT2D eigenvalue weighted by Crippen LogP contribution is 2.47. The van der Waals surface area contributed by atoms with Gasteiger partial charge in [-0.05, 0) is 43.9 Å². The van der Waals surface area contributed by atoms with Crippen LogP contribution in [0.2, 0.25) is 0 Å². The summed E-state index contributed by atoms with van der Waals surface area (Å²) in [4.78, 5) is 23.7. The van der Waals surface area contributed by atoms with E-state index in [0.29, 0.717) is 6.54 Å². The molecule has 2 rings (SSSR count). The van der Waals surface area contributed by atoms with E-state index in [1.807, 2.05) is 31.2 Å². The van der Waals surface area contributed by atoms with Crippen molar-refractivity contribution in [2.75, 3.05) is 6.54 Å². The molecule has 0 bridgehead atoms. The predicted octanol–water partition coefficient (Wildman–Crippen LogP) is 2.19. The Kier molecular flexibility index (Phi) is 4.81. The molecule has 1 aliphatic rings. The van der Waals surface area contributed by atoms with Gasteiger partial charge in [-0.1, -0.05) is 28.1 Å². The number of halogens is 1. The Labute approximate surface area is 127 Å². The van der Waals surface area contributed by atoms with E-state index < -0.39 is 6.04 Å². The summed E-state index contributed by atoms with van der Waals surface area (Å²) in [6.45, 7) is 4.14. The summed E-state index contributed by atoms with van der Waals surface area (Å²) < 4.78 is 1.03. The number of likely N-dealkylation sites (N-methyl/N-ethyl adjacent to an activating group) is 1. The van der Waals surface area contributed by atoms with Gasteiger partial charge in [-0.2, -0.15) is 0 Å². The largest absolute Gasteiger partial charge is 0.355 e. The van der Waals surface area contributed by atoms with Gasteiger partial charge in [-0.15, -0.1) is 0 Å². The third-order valence-corrected chi connectivity index (χ3v) is 4.06. The van der Waals surface area contributed by atoms with Gasteiger partial charge in [0.2, 0.25) is 11.8 Å². The molecule has 0 aromatic heterocycles. The maximum absolute atomic E-state index is 12.1. The van der Waals surface area contributed by atoms with Crippen LogP contribution < -0.4 is 10.6 Å². The second-order valence-corrected chi connectivity index (χ2v) is 6.04. The molecule has 1 saturated carbocycles. The molecule has 0 spiro atoms. The first-order valence-electron chi connectivity index (χ1n) is 6.86. The standard InChI is InChI=1S/C15H19BrN2O2/c1-3-17-14(19)9(2)18-15(20)13-8-12(13)10-4-6-11(16)7-5-10/h4-7,9,12-13H,3,8H2,1-2H3,(H,17,19)(H,18,20)/t9-,12+,13-/m0/s1. The molecule has 0 aliphatic heterocycles. The zero-order valence-electron chi connectivity index (χ0n) is 11.7. The maximum atomic E-state index is 12.1. The van der Waals surface area contributed by atoms with Gasteiger partial charge in [0, 0.05) is 16.9 Å². The number of hydrogen-bond acceptors (Lipinski definition) is 2. The molecule has 0 radical (unpaired) electrons. The number of nitrogens with one attached hydrogen (secondary N) is 2. The summed E-state index contributed by atoms with van der Waals surface area (Å²) in [6, 6.07) is 7.57. The van der Waals surface area contributed by atoms with Crippen molar-refractivity contribution < 1.29 is 9.59 Å². The summed E-state index contributed by atoms with van der Waals surface area (Å²) in [5.74, 6) is 0.107. The Balaban J connectivity index is 1.87. The van der Waals surface area contributed by atoms with Gasteiger partial charge in [0.25, 0.3) is 0 Å². The average Bonchev–Trinajstić information content (AvgIpc) is 3.20. The van der Waals surface area contributed by atoms with Crippen molar-refractivity contribution in [1.29, 1.82) is 0 Å². The van der Waals surface area contributed by atoms with E-state index in [-0.39, 0.29) is 23.7 Å². The van der Waals surface area contributed by atoms with Crippen molar-refractivity contribution in [2.24, 2.45) is 5.92 Å². The molecule has 2 amide bonds. The number of rotatable bonds is 5. The topological polar surface area (TPSA) is 58.2 Å². The second kappa shape index (κ2) is 6.39. The van der Waals surface area contributed by atoms with E-state index in [4.69, 9.17) is 0 Å². The molecular weight excluding hydrogens is 320 g/mol. The lowest BCUT2D eigenvalue weighted by Gasteiger charge is -2.13. The van der Waals surface area contributed by atoms with Crippen molar-refractivity contribution in [3.05, 3.63) is 34.3 Å². The molecule has 3 atom stereocenters. The number of carbonyl (C=O) groups excluding carboxylic acids is 2. The van der Waals surface area contributed by atoms with Gasteiger partial charge in [-0.3, -0.25) is 9.59 Å². The van der Waals surface area contributed by atoms with Crippen molar-refractivity contribution in [2.45, 2.75) is 32.2 Å². The van der Waals surface area contributed by atoms with E-state index in [1.54, 1.807) is 6.92 Å². The Bertz CT molecular complexity index is 501. The van der Waals surface area contributed by atoms with E-state index >= 15 is 0 Å². The molecule has 0 heterocycles. The van der Waals surface area contributed by atoms with Crippen LogP contribution in [-0.2, 0) is 9.59 Å². The fraction of sp³-hybridized carbons (Fsp3) is 0.467. The number of hydrogen-bond donors (Lipinski definition) is 2. The minimum atomic E-state index is -0.478. The highest BCUT2D eigenvalue weighted by atomic mass is 79.9. The molecule has 5 heteroatoms. The molecule has 1 aliphatic carbocycles. The van der Waals surface area contributed by atoms with Crippen molar-refractivity contribution >= 4 is 27.7 Å². The van der Waals surface area contributed by atoms with Crippen LogP contribution in [0.4, 0.5) is 0 Å². The Morgan fingerprint density at radius 2 is 2.00 bits per heavy atom. The zero-order valence-corrected chi connectivity index (χ0v) is 13.2. The van der Waals surface area contributed by atoms with Crippen LogP contribution >= 0.6 is 15.9 Å². The molecule has 108 valence electrons. The van der Waals surface area contributed by atoms with Gasteiger partial charge in [-0.25, -0.2) is 0 Å². The van der Waals surface area contributed by atoms with Crippen LogP contribution in [0.3, 0.4) is 0 Å². The minimum absolute atomic E-state index is 0.00643. The van der Waals surface area contributed by atoms with Gasteiger partial charge < -0.3 is 10.6 Å². The van der Waals surface area contributed by atoms with E-state index in [0.717, 1.165) is 10.9 Å². The molecule has 4 nitrogen and oxygen atoms in total. The normalized spacial score (nSPS) is 21.9. The fourth-order valence-electron chi connectivity index (χ4n) is 2.28. The summed E-state index contributed by atoms with van der Waals surface area (Å²) in [6.07, 6.45) is 0.857. The SMILES string of the molecule is CCNC(=O)[C@H](C)NC(=O)[C@H]1C[C@@H]1c1ccc(Br)cc1. The van der Waals surface area contributed by atoms with Gasteiger partial charge in [0.05, 0.1) is 0 Å². The molecule has 1 aromatic rings. The predicted molar refractivity (Wildman–Crippen MR) is 81.3 cm³/mol. The zero-order chi connectivity index (χ0) is 14.7. The first kappa shape index (κ1) is 15.0. The Morgan fingerprint density at radius 1 is 1.35 bits per heavy atom. The van der Waals surface area contributed by atoms with Crippen molar-refractivity contribution in [3.63, 3.8) is 0 Å².